The van der Waals surface area contributed by atoms with E-state index in [4.69, 9.17) is 10.8 Å². The number of nitrogens with two attached hydrogens (primary N) is 1. The number of hydrazine groups is 1. The third kappa shape index (κ3) is 3.97. The molecule has 0 radical (unpaired) electrons. The molecule has 2 rings (SSSR count). The maximum absolute atomic E-state index is 5.66. The quantitative estimate of drug-likeness (QED) is 0.385. The van der Waals surface area contributed by atoms with Crippen molar-refractivity contribution in [2.24, 2.45) is 10.8 Å². The molecule has 0 bridgehead atoms. The summed E-state index contributed by atoms with van der Waals surface area (Å²) in [5.41, 5.74) is 5.37. The zero-order valence-electron chi connectivity index (χ0n) is 12.6. The fourth-order valence-electron chi connectivity index (χ4n) is 2.75. The van der Waals surface area contributed by atoms with E-state index in [1.165, 1.54) is 43.2 Å². The minimum atomic E-state index is 0.425. The summed E-state index contributed by atoms with van der Waals surface area (Å²) in [6.45, 7) is 2.96. The highest BCUT2D eigenvalue weighted by molar-refractivity contribution is 5.79. The number of hydrogen-bond acceptors (Lipinski definition) is 2. The van der Waals surface area contributed by atoms with Gasteiger partial charge in [0.15, 0.2) is 0 Å². The minimum absolute atomic E-state index is 0.425. The lowest BCUT2D eigenvalue weighted by atomic mass is 9.96. The van der Waals surface area contributed by atoms with Crippen LogP contribution in [0.5, 0.6) is 0 Å². The summed E-state index contributed by atoms with van der Waals surface area (Å²) >= 11 is 0. The SMILES string of the molecule is Cc1ccccc1CN(C)C(=NC1CCCCC1)NN. The summed E-state index contributed by atoms with van der Waals surface area (Å²) in [6.07, 6.45) is 6.28. The lowest BCUT2D eigenvalue weighted by Gasteiger charge is -2.25. The summed E-state index contributed by atoms with van der Waals surface area (Å²) in [4.78, 5) is 6.88. The Morgan fingerprint density at radius 2 is 2.00 bits per heavy atom. The Labute approximate surface area is 122 Å². The molecule has 4 nitrogen and oxygen atoms in total. The Hall–Kier alpha value is -1.55. The largest absolute Gasteiger partial charge is 0.341 e. The van der Waals surface area contributed by atoms with Crippen LogP contribution in [0.3, 0.4) is 0 Å². The molecule has 1 fully saturated rings. The van der Waals surface area contributed by atoms with Gasteiger partial charge in [-0.05, 0) is 30.9 Å². The highest BCUT2D eigenvalue weighted by atomic mass is 15.4. The van der Waals surface area contributed by atoms with Gasteiger partial charge in [0.2, 0.25) is 5.96 Å². The number of aryl methyl sites for hydroxylation is 1. The second kappa shape index (κ2) is 7.29. The van der Waals surface area contributed by atoms with Gasteiger partial charge in [0.25, 0.3) is 0 Å². The predicted octanol–water partition coefficient (Wildman–Crippen LogP) is 2.58. The molecule has 110 valence electrons. The van der Waals surface area contributed by atoms with Crippen LogP contribution < -0.4 is 11.3 Å². The second-order valence-corrected chi connectivity index (χ2v) is 5.67. The van der Waals surface area contributed by atoms with E-state index in [0.29, 0.717) is 6.04 Å². The smallest absolute Gasteiger partial charge is 0.208 e. The van der Waals surface area contributed by atoms with Gasteiger partial charge in [0, 0.05) is 13.6 Å². The number of benzene rings is 1. The maximum Gasteiger partial charge on any atom is 0.208 e. The van der Waals surface area contributed by atoms with Crippen molar-refractivity contribution in [2.45, 2.75) is 51.6 Å². The van der Waals surface area contributed by atoms with E-state index < -0.39 is 0 Å². The van der Waals surface area contributed by atoms with Crippen molar-refractivity contribution < 1.29 is 0 Å². The van der Waals surface area contributed by atoms with Crippen LogP contribution in [0.15, 0.2) is 29.3 Å². The van der Waals surface area contributed by atoms with Crippen molar-refractivity contribution >= 4 is 5.96 Å². The summed E-state index contributed by atoms with van der Waals surface area (Å²) in [6, 6.07) is 8.85. The van der Waals surface area contributed by atoms with E-state index >= 15 is 0 Å². The molecule has 0 heterocycles. The molecule has 3 N–H and O–H groups in total. The monoisotopic (exact) mass is 274 g/mol. The predicted molar refractivity (Wildman–Crippen MR) is 84.3 cm³/mol. The molecule has 20 heavy (non-hydrogen) atoms. The Bertz CT molecular complexity index is 450. The highest BCUT2D eigenvalue weighted by Crippen LogP contribution is 2.20. The lowest BCUT2D eigenvalue weighted by Crippen LogP contribution is -2.43. The molecule has 1 aromatic carbocycles. The molecule has 1 aliphatic rings. The van der Waals surface area contributed by atoms with E-state index in [0.717, 1.165) is 12.5 Å². The lowest BCUT2D eigenvalue weighted by molar-refractivity contribution is 0.422. The van der Waals surface area contributed by atoms with Crippen molar-refractivity contribution in [1.29, 1.82) is 0 Å². The normalized spacial score (nSPS) is 17.1. The molecule has 0 aromatic heterocycles. The van der Waals surface area contributed by atoms with E-state index in [-0.39, 0.29) is 0 Å². The number of guanidine groups is 1. The molecule has 0 atom stereocenters. The molecule has 0 saturated heterocycles. The van der Waals surface area contributed by atoms with Gasteiger partial charge in [0.05, 0.1) is 6.04 Å². The molecule has 1 saturated carbocycles. The second-order valence-electron chi connectivity index (χ2n) is 5.67. The van der Waals surface area contributed by atoms with Crippen LogP contribution in [0.1, 0.15) is 43.2 Å². The van der Waals surface area contributed by atoms with Crippen LogP contribution in [0.2, 0.25) is 0 Å². The molecule has 1 aliphatic carbocycles. The van der Waals surface area contributed by atoms with Gasteiger partial charge >= 0.3 is 0 Å². The van der Waals surface area contributed by atoms with Gasteiger partial charge in [-0.1, -0.05) is 43.5 Å². The molecular weight excluding hydrogens is 248 g/mol. The number of aliphatic imine (C=N–C) groups is 1. The Balaban J connectivity index is 2.03. The topological polar surface area (TPSA) is 53.6 Å². The zero-order chi connectivity index (χ0) is 14.4. The Morgan fingerprint density at radius 3 is 2.65 bits per heavy atom. The van der Waals surface area contributed by atoms with Gasteiger partial charge in [-0.15, -0.1) is 0 Å². The molecular formula is C16H26N4. The molecule has 0 unspecified atom stereocenters. The average Bonchev–Trinajstić information content (AvgIpc) is 2.48. The van der Waals surface area contributed by atoms with Crippen molar-refractivity contribution in [3.05, 3.63) is 35.4 Å². The van der Waals surface area contributed by atoms with E-state index in [2.05, 4.69) is 41.5 Å². The van der Waals surface area contributed by atoms with Crippen LogP contribution in [-0.4, -0.2) is 23.9 Å². The third-order valence-electron chi connectivity index (χ3n) is 4.04. The van der Waals surface area contributed by atoms with Gasteiger partial charge < -0.3 is 4.90 Å². The van der Waals surface area contributed by atoms with Crippen molar-refractivity contribution in [3.63, 3.8) is 0 Å². The van der Waals surface area contributed by atoms with Gasteiger partial charge in [-0.2, -0.15) is 0 Å². The number of nitrogens with one attached hydrogen (secondary N) is 1. The van der Waals surface area contributed by atoms with E-state index in [9.17, 15) is 0 Å². The third-order valence-corrected chi connectivity index (χ3v) is 4.04. The first-order valence-electron chi connectivity index (χ1n) is 7.50. The fourth-order valence-corrected chi connectivity index (χ4v) is 2.75. The number of hydrogen-bond donors (Lipinski definition) is 2. The first-order chi connectivity index (χ1) is 9.70. The van der Waals surface area contributed by atoms with Crippen LogP contribution in [0.25, 0.3) is 0 Å². The van der Waals surface area contributed by atoms with Crippen LogP contribution in [0.4, 0.5) is 0 Å². The van der Waals surface area contributed by atoms with Crippen LogP contribution >= 0.6 is 0 Å². The summed E-state index contributed by atoms with van der Waals surface area (Å²) < 4.78 is 0. The van der Waals surface area contributed by atoms with E-state index in [1.807, 2.05) is 7.05 Å². The summed E-state index contributed by atoms with van der Waals surface area (Å²) in [7, 11) is 2.04. The molecule has 0 amide bonds. The van der Waals surface area contributed by atoms with Crippen LogP contribution in [-0.2, 0) is 6.54 Å². The Morgan fingerprint density at radius 1 is 1.30 bits per heavy atom. The van der Waals surface area contributed by atoms with E-state index in [1.54, 1.807) is 0 Å². The summed E-state index contributed by atoms with van der Waals surface area (Å²) in [5, 5.41) is 0. The number of nitrogens with zero attached hydrogens (tertiary/aromatic N) is 2. The first kappa shape index (κ1) is 14.9. The Kier molecular flexibility index (Phi) is 5.41. The summed E-state index contributed by atoms with van der Waals surface area (Å²) in [5.74, 6) is 6.45. The molecule has 0 spiro atoms. The average molecular weight is 274 g/mol. The van der Waals surface area contributed by atoms with Crippen molar-refractivity contribution in [1.82, 2.24) is 10.3 Å². The van der Waals surface area contributed by atoms with Crippen molar-refractivity contribution in [2.75, 3.05) is 7.05 Å². The van der Waals surface area contributed by atoms with Gasteiger partial charge in [-0.3, -0.25) is 5.43 Å². The molecule has 4 heteroatoms. The maximum atomic E-state index is 5.66. The van der Waals surface area contributed by atoms with Crippen LogP contribution in [0, 0.1) is 6.92 Å². The molecule has 1 aromatic rings. The highest BCUT2D eigenvalue weighted by Gasteiger charge is 2.15. The zero-order valence-corrected chi connectivity index (χ0v) is 12.6. The van der Waals surface area contributed by atoms with Crippen molar-refractivity contribution in [3.8, 4) is 0 Å². The first-order valence-corrected chi connectivity index (χ1v) is 7.50. The fraction of sp³-hybridized carbons (Fsp3) is 0.562. The van der Waals surface area contributed by atoms with Gasteiger partial charge in [0.1, 0.15) is 0 Å². The number of rotatable bonds is 3. The minimum Gasteiger partial charge on any atom is -0.341 e. The standard InChI is InChI=1S/C16H26N4/c1-13-8-6-7-9-14(13)12-20(2)16(19-17)18-15-10-4-3-5-11-15/h6-9,15H,3-5,10-12,17H2,1-2H3,(H,18,19). The van der Waals surface area contributed by atoms with Gasteiger partial charge in [-0.25, -0.2) is 10.8 Å². The molecule has 0 aliphatic heterocycles.